The summed E-state index contributed by atoms with van der Waals surface area (Å²) in [5.41, 5.74) is 1.06. The summed E-state index contributed by atoms with van der Waals surface area (Å²) in [6, 6.07) is 5.45. The van der Waals surface area contributed by atoms with Crippen molar-refractivity contribution >= 4 is 22.5 Å². The molecule has 0 atom stereocenters. The van der Waals surface area contributed by atoms with Gasteiger partial charge in [0.1, 0.15) is 0 Å². The van der Waals surface area contributed by atoms with Crippen molar-refractivity contribution in [1.29, 1.82) is 0 Å². The molecule has 2 amide bonds. The van der Waals surface area contributed by atoms with E-state index in [4.69, 9.17) is 9.47 Å². The normalized spacial score (nSPS) is 10.1. The van der Waals surface area contributed by atoms with E-state index in [1.807, 2.05) is 25.1 Å². The molecule has 0 aliphatic rings. The van der Waals surface area contributed by atoms with Gasteiger partial charge in [-0.1, -0.05) is 6.07 Å². The smallest absolute Gasteiger partial charge is 0.321 e. The Kier molecular flexibility index (Phi) is 5.60. The first-order valence-corrected chi connectivity index (χ1v) is 7.62. The second-order valence-electron chi connectivity index (χ2n) is 4.60. The predicted molar refractivity (Wildman–Crippen MR) is 87.1 cm³/mol. The van der Waals surface area contributed by atoms with Gasteiger partial charge in [-0.15, -0.1) is 11.3 Å². The van der Waals surface area contributed by atoms with Gasteiger partial charge in [0.05, 0.1) is 14.2 Å². The number of methoxy groups -OCH3 is 2. The van der Waals surface area contributed by atoms with Gasteiger partial charge >= 0.3 is 6.03 Å². The molecule has 2 aromatic rings. The molecule has 1 aromatic heterocycles. The maximum Gasteiger partial charge on any atom is 0.321 e. The van der Waals surface area contributed by atoms with Gasteiger partial charge in [0.15, 0.2) is 16.6 Å². The third-order valence-electron chi connectivity index (χ3n) is 2.99. The van der Waals surface area contributed by atoms with E-state index in [0.29, 0.717) is 29.6 Å². The zero-order valence-electron chi connectivity index (χ0n) is 12.8. The van der Waals surface area contributed by atoms with Crippen molar-refractivity contribution in [1.82, 2.24) is 10.3 Å². The lowest BCUT2D eigenvalue weighted by Gasteiger charge is -2.10. The second-order valence-corrected chi connectivity index (χ2v) is 5.83. The fourth-order valence-corrected chi connectivity index (χ4v) is 2.57. The predicted octanol–water partition coefficient (Wildman–Crippen LogP) is 2.83. The Hall–Kier alpha value is -2.28. The van der Waals surface area contributed by atoms with Gasteiger partial charge in [-0.3, -0.25) is 5.32 Å². The molecule has 0 spiro atoms. The monoisotopic (exact) mass is 321 g/mol. The lowest BCUT2D eigenvalue weighted by Crippen LogP contribution is -2.30. The number of aryl methyl sites for hydroxylation is 1. The quantitative estimate of drug-likeness (QED) is 0.858. The van der Waals surface area contributed by atoms with E-state index in [0.717, 1.165) is 10.4 Å². The molecule has 7 heteroatoms. The minimum atomic E-state index is -0.255. The highest BCUT2D eigenvalue weighted by Crippen LogP contribution is 2.27. The minimum Gasteiger partial charge on any atom is -0.493 e. The fourth-order valence-electron chi connectivity index (χ4n) is 1.91. The van der Waals surface area contributed by atoms with E-state index in [-0.39, 0.29) is 6.03 Å². The zero-order valence-corrected chi connectivity index (χ0v) is 13.6. The molecule has 1 aromatic carbocycles. The summed E-state index contributed by atoms with van der Waals surface area (Å²) in [4.78, 5) is 16.9. The van der Waals surface area contributed by atoms with E-state index in [9.17, 15) is 4.79 Å². The van der Waals surface area contributed by atoms with Gasteiger partial charge in [0, 0.05) is 17.6 Å². The highest BCUT2D eigenvalue weighted by molar-refractivity contribution is 7.15. The SMILES string of the molecule is COc1ccc(CCNC(=O)Nc2ncc(C)s2)cc1OC. The van der Waals surface area contributed by atoms with Crippen LogP contribution >= 0.6 is 11.3 Å². The van der Waals surface area contributed by atoms with Crippen LogP contribution in [0.25, 0.3) is 0 Å². The Balaban J connectivity index is 1.82. The largest absolute Gasteiger partial charge is 0.493 e. The van der Waals surface area contributed by atoms with E-state index in [2.05, 4.69) is 15.6 Å². The van der Waals surface area contributed by atoms with Crippen molar-refractivity contribution < 1.29 is 14.3 Å². The number of carbonyl (C=O) groups is 1. The molecule has 2 rings (SSSR count). The number of benzene rings is 1. The maximum absolute atomic E-state index is 11.7. The number of ether oxygens (including phenoxy) is 2. The van der Waals surface area contributed by atoms with Crippen molar-refractivity contribution in [3.63, 3.8) is 0 Å². The molecule has 0 unspecified atom stereocenters. The molecule has 22 heavy (non-hydrogen) atoms. The molecule has 118 valence electrons. The Morgan fingerprint density at radius 1 is 1.27 bits per heavy atom. The average molecular weight is 321 g/mol. The number of thiazole rings is 1. The van der Waals surface area contributed by atoms with Crippen LogP contribution in [0.1, 0.15) is 10.4 Å². The third-order valence-corrected chi connectivity index (χ3v) is 3.82. The molecular formula is C15H19N3O3S. The highest BCUT2D eigenvalue weighted by atomic mass is 32.1. The molecule has 1 heterocycles. The summed E-state index contributed by atoms with van der Waals surface area (Å²) in [5.74, 6) is 1.37. The summed E-state index contributed by atoms with van der Waals surface area (Å²) >= 11 is 1.44. The molecule has 0 aliphatic carbocycles. The van der Waals surface area contributed by atoms with Crippen LogP contribution in [0.3, 0.4) is 0 Å². The van der Waals surface area contributed by atoms with Crippen molar-refractivity contribution in [2.24, 2.45) is 0 Å². The number of amides is 2. The first-order chi connectivity index (χ1) is 10.6. The van der Waals surface area contributed by atoms with Gasteiger partial charge in [0.2, 0.25) is 0 Å². The topological polar surface area (TPSA) is 72.5 Å². The van der Waals surface area contributed by atoms with Crippen LogP contribution in [0.4, 0.5) is 9.93 Å². The Labute approximate surface area is 133 Å². The molecular weight excluding hydrogens is 302 g/mol. The van der Waals surface area contributed by atoms with E-state index in [1.165, 1.54) is 11.3 Å². The van der Waals surface area contributed by atoms with Crippen molar-refractivity contribution in [3.05, 3.63) is 34.8 Å². The summed E-state index contributed by atoms with van der Waals surface area (Å²) in [6.45, 7) is 2.46. The standard InChI is InChI=1S/C15H19N3O3S/c1-10-9-17-15(22-10)18-14(19)16-7-6-11-4-5-12(20-2)13(8-11)21-3/h4-5,8-9H,6-7H2,1-3H3,(H2,16,17,18,19). The molecule has 0 radical (unpaired) electrons. The molecule has 0 saturated carbocycles. The van der Waals surface area contributed by atoms with Crippen molar-refractivity contribution in [3.8, 4) is 11.5 Å². The summed E-state index contributed by atoms with van der Waals surface area (Å²) in [7, 11) is 3.20. The van der Waals surface area contributed by atoms with Gasteiger partial charge in [-0.2, -0.15) is 0 Å². The Bertz CT molecular complexity index is 643. The van der Waals surface area contributed by atoms with E-state index < -0.39 is 0 Å². The van der Waals surface area contributed by atoms with Gasteiger partial charge in [0.25, 0.3) is 0 Å². The summed E-state index contributed by atoms with van der Waals surface area (Å²) in [6.07, 6.45) is 2.43. The van der Waals surface area contributed by atoms with Crippen molar-refractivity contribution in [2.75, 3.05) is 26.1 Å². The van der Waals surface area contributed by atoms with Gasteiger partial charge in [-0.25, -0.2) is 9.78 Å². The second kappa shape index (κ2) is 7.65. The number of nitrogens with one attached hydrogen (secondary N) is 2. The lowest BCUT2D eigenvalue weighted by atomic mass is 10.1. The number of rotatable bonds is 6. The molecule has 0 saturated heterocycles. The first kappa shape index (κ1) is 16.1. The van der Waals surface area contributed by atoms with Crippen LogP contribution in [-0.4, -0.2) is 31.8 Å². The van der Waals surface area contributed by atoms with Crippen LogP contribution in [0, 0.1) is 6.92 Å². The number of nitrogens with zero attached hydrogens (tertiary/aromatic N) is 1. The van der Waals surface area contributed by atoms with Crippen molar-refractivity contribution in [2.45, 2.75) is 13.3 Å². The number of urea groups is 1. The molecule has 0 fully saturated rings. The number of hydrogen-bond acceptors (Lipinski definition) is 5. The average Bonchev–Trinajstić information content (AvgIpc) is 2.92. The summed E-state index contributed by atoms with van der Waals surface area (Å²) in [5, 5.41) is 6.10. The lowest BCUT2D eigenvalue weighted by molar-refractivity contribution is 0.252. The maximum atomic E-state index is 11.7. The minimum absolute atomic E-state index is 0.255. The zero-order chi connectivity index (χ0) is 15.9. The van der Waals surface area contributed by atoms with Crippen LogP contribution in [0.2, 0.25) is 0 Å². The van der Waals surface area contributed by atoms with Crippen LogP contribution in [0.5, 0.6) is 11.5 Å². The Morgan fingerprint density at radius 2 is 2.05 bits per heavy atom. The Morgan fingerprint density at radius 3 is 2.68 bits per heavy atom. The molecule has 2 N–H and O–H groups in total. The third kappa shape index (κ3) is 4.36. The number of aromatic nitrogens is 1. The molecule has 0 aliphatic heterocycles. The van der Waals surface area contributed by atoms with Crippen LogP contribution in [-0.2, 0) is 6.42 Å². The fraction of sp³-hybridized carbons (Fsp3) is 0.333. The summed E-state index contributed by atoms with van der Waals surface area (Å²) < 4.78 is 10.4. The van der Waals surface area contributed by atoms with E-state index in [1.54, 1.807) is 20.4 Å². The highest BCUT2D eigenvalue weighted by Gasteiger charge is 2.06. The van der Waals surface area contributed by atoms with E-state index >= 15 is 0 Å². The van der Waals surface area contributed by atoms with Gasteiger partial charge in [-0.05, 0) is 31.0 Å². The van der Waals surface area contributed by atoms with Gasteiger partial charge < -0.3 is 14.8 Å². The van der Waals surface area contributed by atoms with Crippen LogP contribution < -0.4 is 20.1 Å². The number of hydrogen-bond donors (Lipinski definition) is 2. The molecule has 6 nitrogen and oxygen atoms in total. The first-order valence-electron chi connectivity index (χ1n) is 6.80. The number of anilines is 1. The van der Waals surface area contributed by atoms with Crippen LogP contribution in [0.15, 0.2) is 24.4 Å². The molecule has 0 bridgehead atoms. The number of carbonyl (C=O) groups excluding carboxylic acids is 1.